The predicted molar refractivity (Wildman–Crippen MR) is 82.3 cm³/mol. The zero-order valence-electron chi connectivity index (χ0n) is 11.1. The second kappa shape index (κ2) is 6.36. The Labute approximate surface area is 139 Å². The maximum atomic E-state index is 14.1. The van der Waals surface area contributed by atoms with Crippen LogP contribution in [0.5, 0.6) is 0 Å². The fourth-order valence-electron chi connectivity index (χ4n) is 1.84. The molecule has 22 heavy (non-hydrogen) atoms. The van der Waals surface area contributed by atoms with Gasteiger partial charge in [-0.2, -0.15) is 0 Å². The average molecular weight is 408 g/mol. The van der Waals surface area contributed by atoms with E-state index in [4.69, 9.17) is 11.6 Å². The Kier molecular flexibility index (Phi) is 4.89. The first-order chi connectivity index (χ1) is 10.3. The standard InChI is InChI=1S/C14H9BrClFO4S/c1-21-14(18)13-10(17)6-8(15)7-12(13)22(19,20)11-5-3-2-4-9(11)16/h2-7H,1H3. The quantitative estimate of drug-likeness (QED) is 0.725. The first kappa shape index (κ1) is 16.9. The number of benzene rings is 2. The van der Waals surface area contributed by atoms with Crippen LogP contribution >= 0.6 is 27.5 Å². The summed E-state index contributed by atoms with van der Waals surface area (Å²) in [5, 5.41) is -0.0290. The maximum Gasteiger partial charge on any atom is 0.342 e. The minimum Gasteiger partial charge on any atom is -0.465 e. The van der Waals surface area contributed by atoms with Crippen molar-refractivity contribution in [1.29, 1.82) is 0 Å². The maximum absolute atomic E-state index is 14.1. The second-order valence-corrected chi connectivity index (χ2v) is 7.40. The fraction of sp³-hybridized carbons (Fsp3) is 0.0714. The van der Waals surface area contributed by atoms with E-state index in [1.165, 1.54) is 18.2 Å². The molecule has 4 nitrogen and oxygen atoms in total. The van der Waals surface area contributed by atoms with E-state index >= 15 is 0 Å². The fourth-order valence-corrected chi connectivity index (χ4v) is 4.42. The molecular weight excluding hydrogens is 399 g/mol. The molecule has 0 aromatic heterocycles. The zero-order valence-corrected chi connectivity index (χ0v) is 14.3. The number of ether oxygens (including phenoxy) is 1. The van der Waals surface area contributed by atoms with Gasteiger partial charge in [0.2, 0.25) is 9.84 Å². The minimum absolute atomic E-state index is 0.0290. The lowest BCUT2D eigenvalue weighted by Gasteiger charge is -2.12. The molecule has 0 N–H and O–H groups in total. The van der Waals surface area contributed by atoms with E-state index in [2.05, 4.69) is 20.7 Å². The molecule has 0 spiro atoms. The van der Waals surface area contributed by atoms with Gasteiger partial charge in [0, 0.05) is 4.47 Å². The number of rotatable bonds is 3. The summed E-state index contributed by atoms with van der Waals surface area (Å²) in [6, 6.07) is 7.82. The van der Waals surface area contributed by atoms with Gasteiger partial charge >= 0.3 is 5.97 Å². The molecule has 0 saturated carbocycles. The van der Waals surface area contributed by atoms with Crippen molar-refractivity contribution in [2.75, 3.05) is 7.11 Å². The molecule has 116 valence electrons. The SMILES string of the molecule is COC(=O)c1c(F)cc(Br)cc1S(=O)(=O)c1ccccc1Cl. The lowest BCUT2D eigenvalue weighted by atomic mass is 10.2. The Morgan fingerprint density at radius 3 is 2.45 bits per heavy atom. The van der Waals surface area contributed by atoms with Crippen LogP contribution < -0.4 is 0 Å². The molecule has 0 atom stereocenters. The van der Waals surface area contributed by atoms with Crippen LogP contribution in [0.4, 0.5) is 4.39 Å². The van der Waals surface area contributed by atoms with Crippen LogP contribution in [-0.2, 0) is 14.6 Å². The minimum atomic E-state index is -4.20. The molecule has 8 heteroatoms. The normalized spacial score (nSPS) is 11.3. The summed E-state index contributed by atoms with van der Waals surface area (Å²) in [7, 11) is -3.17. The van der Waals surface area contributed by atoms with Crippen LogP contribution in [0.15, 0.2) is 50.7 Å². The van der Waals surface area contributed by atoms with Gasteiger partial charge in [0.05, 0.1) is 21.9 Å². The van der Waals surface area contributed by atoms with E-state index < -0.39 is 32.1 Å². The highest BCUT2D eigenvalue weighted by Gasteiger charge is 2.30. The highest BCUT2D eigenvalue weighted by atomic mass is 79.9. The van der Waals surface area contributed by atoms with Gasteiger partial charge in [-0.3, -0.25) is 0 Å². The summed E-state index contributed by atoms with van der Waals surface area (Å²) in [6.07, 6.45) is 0. The first-order valence-electron chi connectivity index (χ1n) is 5.86. The molecule has 0 unspecified atom stereocenters. The highest BCUT2D eigenvalue weighted by molar-refractivity contribution is 9.10. The summed E-state index contributed by atoms with van der Waals surface area (Å²) in [6.45, 7) is 0. The summed E-state index contributed by atoms with van der Waals surface area (Å²) in [5.74, 6) is -2.09. The van der Waals surface area contributed by atoms with Crippen molar-refractivity contribution in [3.63, 3.8) is 0 Å². The molecule has 0 radical (unpaired) electrons. The van der Waals surface area contributed by atoms with Gasteiger partial charge in [0.1, 0.15) is 11.4 Å². The number of hydrogen-bond donors (Lipinski definition) is 0. The lowest BCUT2D eigenvalue weighted by molar-refractivity contribution is 0.0590. The Balaban J connectivity index is 2.82. The van der Waals surface area contributed by atoms with Gasteiger partial charge in [-0.15, -0.1) is 0 Å². The average Bonchev–Trinajstić information content (AvgIpc) is 2.46. The third-order valence-electron chi connectivity index (χ3n) is 2.82. The van der Waals surface area contributed by atoms with Crippen LogP contribution in [0.25, 0.3) is 0 Å². The second-order valence-electron chi connectivity index (χ2n) is 4.19. The predicted octanol–water partition coefficient (Wildman–Crippen LogP) is 3.86. The molecule has 0 amide bonds. The Bertz CT molecular complexity index is 852. The van der Waals surface area contributed by atoms with Crippen LogP contribution in [0.2, 0.25) is 5.02 Å². The van der Waals surface area contributed by atoms with Crippen LogP contribution in [0.1, 0.15) is 10.4 Å². The number of carbonyl (C=O) groups is 1. The van der Waals surface area contributed by atoms with E-state index in [9.17, 15) is 17.6 Å². The van der Waals surface area contributed by atoms with E-state index in [-0.39, 0.29) is 14.4 Å². The van der Waals surface area contributed by atoms with Crippen molar-refractivity contribution >= 4 is 43.3 Å². The van der Waals surface area contributed by atoms with Crippen molar-refractivity contribution in [2.45, 2.75) is 9.79 Å². The third kappa shape index (κ3) is 3.02. The zero-order chi connectivity index (χ0) is 16.5. The van der Waals surface area contributed by atoms with E-state index in [0.29, 0.717) is 0 Å². The van der Waals surface area contributed by atoms with Gasteiger partial charge in [0.25, 0.3) is 0 Å². The molecule has 0 heterocycles. The van der Waals surface area contributed by atoms with Gasteiger partial charge in [0.15, 0.2) is 0 Å². The topological polar surface area (TPSA) is 60.4 Å². The van der Waals surface area contributed by atoms with Crippen molar-refractivity contribution in [3.8, 4) is 0 Å². The van der Waals surface area contributed by atoms with Gasteiger partial charge < -0.3 is 4.74 Å². The highest BCUT2D eigenvalue weighted by Crippen LogP contribution is 2.32. The van der Waals surface area contributed by atoms with Crippen LogP contribution in [-0.4, -0.2) is 21.5 Å². The number of carbonyl (C=O) groups excluding carboxylic acids is 1. The number of halogens is 3. The molecule has 0 bridgehead atoms. The molecule has 2 rings (SSSR count). The van der Waals surface area contributed by atoms with Crippen molar-refractivity contribution in [3.05, 3.63) is 57.3 Å². The summed E-state index contributed by atoms with van der Waals surface area (Å²) in [4.78, 5) is 11.0. The Morgan fingerprint density at radius 2 is 1.86 bits per heavy atom. The third-order valence-corrected chi connectivity index (χ3v) is 5.56. The van der Waals surface area contributed by atoms with Crippen LogP contribution in [0, 0.1) is 5.82 Å². The van der Waals surface area contributed by atoms with Gasteiger partial charge in [-0.05, 0) is 24.3 Å². The number of methoxy groups -OCH3 is 1. The number of hydrogen-bond acceptors (Lipinski definition) is 4. The summed E-state index contributed by atoms with van der Waals surface area (Å²) >= 11 is 8.92. The molecule has 0 aliphatic heterocycles. The Morgan fingerprint density at radius 1 is 1.23 bits per heavy atom. The Hall–Kier alpha value is -1.44. The van der Waals surface area contributed by atoms with Crippen molar-refractivity contribution in [1.82, 2.24) is 0 Å². The number of esters is 1. The molecule has 2 aromatic carbocycles. The molecule has 2 aromatic rings. The van der Waals surface area contributed by atoms with E-state index in [1.54, 1.807) is 6.07 Å². The molecule has 0 aliphatic rings. The van der Waals surface area contributed by atoms with Gasteiger partial charge in [-0.1, -0.05) is 39.7 Å². The van der Waals surface area contributed by atoms with Gasteiger partial charge in [-0.25, -0.2) is 17.6 Å². The monoisotopic (exact) mass is 406 g/mol. The summed E-state index contributed by atoms with van der Waals surface area (Å²) in [5.41, 5.74) is -0.661. The summed E-state index contributed by atoms with van der Waals surface area (Å²) < 4.78 is 44.1. The van der Waals surface area contributed by atoms with E-state index in [1.807, 2.05) is 0 Å². The van der Waals surface area contributed by atoms with E-state index in [0.717, 1.165) is 19.2 Å². The molecule has 0 fully saturated rings. The number of sulfone groups is 1. The smallest absolute Gasteiger partial charge is 0.342 e. The first-order valence-corrected chi connectivity index (χ1v) is 8.51. The van der Waals surface area contributed by atoms with Crippen molar-refractivity contribution < 1.29 is 22.3 Å². The molecule has 0 saturated heterocycles. The van der Waals surface area contributed by atoms with Crippen LogP contribution in [0.3, 0.4) is 0 Å². The molecular formula is C14H9BrClFO4S. The molecule has 0 aliphatic carbocycles. The largest absolute Gasteiger partial charge is 0.465 e. The van der Waals surface area contributed by atoms with Crippen molar-refractivity contribution in [2.24, 2.45) is 0 Å². The lowest BCUT2D eigenvalue weighted by Crippen LogP contribution is -2.14.